The van der Waals surface area contributed by atoms with E-state index >= 15 is 0 Å². The summed E-state index contributed by atoms with van der Waals surface area (Å²) in [7, 11) is 3.96. The molecule has 23 heavy (non-hydrogen) atoms. The molecule has 0 spiro atoms. The van der Waals surface area contributed by atoms with Gasteiger partial charge in [0.2, 0.25) is 5.91 Å². The highest BCUT2D eigenvalue weighted by Crippen LogP contribution is 2.48. The number of nitrogens with zero attached hydrogens (tertiary/aromatic N) is 1. The molecule has 122 valence electrons. The number of carbonyl (C=O) groups is 1. The highest BCUT2D eigenvalue weighted by molar-refractivity contribution is 6.30. The van der Waals surface area contributed by atoms with Crippen molar-refractivity contribution >= 4 is 17.5 Å². The van der Waals surface area contributed by atoms with E-state index in [4.69, 9.17) is 16.0 Å². The molecule has 0 radical (unpaired) electrons. The Labute approximate surface area is 141 Å². The second-order valence-corrected chi connectivity index (χ2v) is 6.73. The van der Waals surface area contributed by atoms with E-state index in [0.29, 0.717) is 11.6 Å². The first-order valence-corrected chi connectivity index (χ1v) is 8.15. The van der Waals surface area contributed by atoms with Crippen LogP contribution in [0.15, 0.2) is 47.1 Å². The van der Waals surface area contributed by atoms with Gasteiger partial charge in [0.05, 0.1) is 17.7 Å². The molecular weight excluding hydrogens is 312 g/mol. The molecule has 1 atom stereocenters. The van der Waals surface area contributed by atoms with Gasteiger partial charge >= 0.3 is 0 Å². The maximum absolute atomic E-state index is 12.7. The number of benzene rings is 1. The summed E-state index contributed by atoms with van der Waals surface area (Å²) in [6, 6.07) is 11.4. The van der Waals surface area contributed by atoms with Crippen molar-refractivity contribution in [2.45, 2.75) is 24.3 Å². The monoisotopic (exact) mass is 332 g/mol. The molecule has 0 saturated heterocycles. The quantitative estimate of drug-likeness (QED) is 0.882. The van der Waals surface area contributed by atoms with Crippen molar-refractivity contribution < 1.29 is 9.21 Å². The molecule has 1 aliphatic rings. The molecule has 1 aromatic carbocycles. The number of hydrogen-bond acceptors (Lipinski definition) is 3. The Morgan fingerprint density at radius 1 is 1.30 bits per heavy atom. The second-order valence-electron chi connectivity index (χ2n) is 6.29. The van der Waals surface area contributed by atoms with E-state index in [2.05, 4.69) is 5.32 Å². The zero-order valence-electron chi connectivity index (χ0n) is 13.4. The number of nitrogens with one attached hydrogen (secondary N) is 1. The molecule has 2 aromatic rings. The molecule has 3 rings (SSSR count). The minimum atomic E-state index is -0.384. The number of amides is 1. The Morgan fingerprint density at radius 3 is 2.52 bits per heavy atom. The molecule has 4 nitrogen and oxygen atoms in total. The zero-order chi connectivity index (χ0) is 16.4. The number of rotatable bonds is 6. The topological polar surface area (TPSA) is 45.5 Å². The maximum atomic E-state index is 12.7. The van der Waals surface area contributed by atoms with Crippen molar-refractivity contribution in [2.75, 3.05) is 20.6 Å². The number of likely N-dealkylation sites (N-methyl/N-ethyl adjacent to an activating group) is 1. The highest BCUT2D eigenvalue weighted by Gasteiger charge is 2.51. The van der Waals surface area contributed by atoms with E-state index in [1.807, 2.05) is 55.4 Å². The average molecular weight is 333 g/mol. The summed E-state index contributed by atoms with van der Waals surface area (Å²) in [6.45, 7) is 0.523. The minimum Gasteiger partial charge on any atom is -0.468 e. The minimum absolute atomic E-state index is 0.0231. The number of carbonyl (C=O) groups excluding carboxylic acids is 1. The summed E-state index contributed by atoms with van der Waals surface area (Å²) >= 11 is 5.94. The number of furan rings is 1. The largest absolute Gasteiger partial charge is 0.468 e. The van der Waals surface area contributed by atoms with E-state index in [1.165, 1.54) is 0 Å². The van der Waals surface area contributed by atoms with E-state index < -0.39 is 0 Å². The van der Waals surface area contributed by atoms with Gasteiger partial charge in [0.1, 0.15) is 5.76 Å². The standard InChI is InChI=1S/C18H21ClN2O2/c1-21(2)15(16-4-3-11-23-16)12-20-17(22)18(9-10-18)13-5-7-14(19)8-6-13/h3-8,11,15H,9-10,12H2,1-2H3,(H,20,22). The number of halogens is 1. The third kappa shape index (κ3) is 3.28. The molecule has 0 bridgehead atoms. The summed E-state index contributed by atoms with van der Waals surface area (Å²) in [5.41, 5.74) is 0.656. The molecule has 1 heterocycles. The summed E-state index contributed by atoms with van der Waals surface area (Å²) < 4.78 is 5.48. The van der Waals surface area contributed by atoms with Gasteiger partial charge in [-0.3, -0.25) is 9.69 Å². The Kier molecular flexibility index (Phi) is 4.46. The van der Waals surface area contributed by atoms with Crippen molar-refractivity contribution in [2.24, 2.45) is 0 Å². The van der Waals surface area contributed by atoms with Crippen molar-refractivity contribution in [1.29, 1.82) is 0 Å². The average Bonchev–Trinajstić information content (AvgIpc) is 3.17. The van der Waals surface area contributed by atoms with Gasteiger partial charge < -0.3 is 9.73 Å². The van der Waals surface area contributed by atoms with E-state index in [0.717, 1.165) is 24.2 Å². The predicted octanol–water partition coefficient (Wildman–Crippen LogP) is 3.38. The van der Waals surface area contributed by atoms with Crippen LogP contribution >= 0.6 is 11.6 Å². The van der Waals surface area contributed by atoms with Gasteiger partial charge in [0.15, 0.2) is 0 Å². The normalized spacial score (nSPS) is 17.0. The molecular formula is C18H21ClN2O2. The van der Waals surface area contributed by atoms with Crippen LogP contribution in [0.2, 0.25) is 5.02 Å². The fraction of sp³-hybridized carbons (Fsp3) is 0.389. The van der Waals surface area contributed by atoms with E-state index in [9.17, 15) is 4.79 Å². The highest BCUT2D eigenvalue weighted by atomic mass is 35.5. The summed E-state index contributed by atoms with van der Waals surface area (Å²) in [6.07, 6.45) is 3.42. The summed E-state index contributed by atoms with van der Waals surface area (Å²) in [5.74, 6) is 0.935. The first kappa shape index (κ1) is 16.1. The van der Waals surface area contributed by atoms with Gasteiger partial charge in [0, 0.05) is 11.6 Å². The zero-order valence-corrected chi connectivity index (χ0v) is 14.1. The van der Waals surface area contributed by atoms with Crippen molar-refractivity contribution in [3.63, 3.8) is 0 Å². The first-order valence-electron chi connectivity index (χ1n) is 7.77. The lowest BCUT2D eigenvalue weighted by Gasteiger charge is -2.24. The van der Waals surface area contributed by atoms with Gasteiger partial charge in [-0.2, -0.15) is 0 Å². The lowest BCUT2D eigenvalue weighted by atomic mass is 9.95. The van der Waals surface area contributed by atoms with Gasteiger partial charge in [-0.1, -0.05) is 23.7 Å². The number of hydrogen-bond donors (Lipinski definition) is 1. The van der Waals surface area contributed by atoms with Crippen molar-refractivity contribution in [1.82, 2.24) is 10.2 Å². The van der Waals surface area contributed by atoms with E-state index in [-0.39, 0.29) is 17.4 Å². The van der Waals surface area contributed by atoms with Gasteiger partial charge in [-0.05, 0) is 56.8 Å². The van der Waals surface area contributed by atoms with Crippen LogP contribution in [0.1, 0.15) is 30.2 Å². The van der Waals surface area contributed by atoms with Gasteiger partial charge in [0.25, 0.3) is 0 Å². The Morgan fingerprint density at radius 2 is 2.00 bits per heavy atom. The van der Waals surface area contributed by atoms with Crippen LogP contribution in [-0.4, -0.2) is 31.4 Å². The molecule has 1 N–H and O–H groups in total. The lowest BCUT2D eigenvalue weighted by Crippen LogP contribution is -2.40. The van der Waals surface area contributed by atoms with Crippen LogP contribution in [-0.2, 0) is 10.2 Å². The van der Waals surface area contributed by atoms with Crippen LogP contribution < -0.4 is 5.32 Å². The fourth-order valence-electron chi connectivity index (χ4n) is 2.92. The van der Waals surface area contributed by atoms with Gasteiger partial charge in [-0.15, -0.1) is 0 Å². The van der Waals surface area contributed by atoms with Crippen LogP contribution in [0.3, 0.4) is 0 Å². The molecule has 5 heteroatoms. The SMILES string of the molecule is CN(C)C(CNC(=O)C1(c2ccc(Cl)cc2)CC1)c1ccco1. The van der Waals surface area contributed by atoms with Crippen molar-refractivity contribution in [3.8, 4) is 0 Å². The van der Waals surface area contributed by atoms with Crippen LogP contribution in [0.25, 0.3) is 0 Å². The van der Waals surface area contributed by atoms with Crippen LogP contribution in [0.4, 0.5) is 0 Å². The summed E-state index contributed by atoms with van der Waals surface area (Å²) in [5, 5.41) is 3.78. The summed E-state index contributed by atoms with van der Waals surface area (Å²) in [4.78, 5) is 14.8. The van der Waals surface area contributed by atoms with Crippen LogP contribution in [0.5, 0.6) is 0 Å². The fourth-order valence-corrected chi connectivity index (χ4v) is 3.04. The van der Waals surface area contributed by atoms with E-state index in [1.54, 1.807) is 6.26 Å². The molecule has 0 aliphatic heterocycles. The molecule has 1 amide bonds. The lowest BCUT2D eigenvalue weighted by molar-refractivity contribution is -0.123. The van der Waals surface area contributed by atoms with Gasteiger partial charge in [-0.25, -0.2) is 0 Å². The Balaban J connectivity index is 1.68. The predicted molar refractivity (Wildman–Crippen MR) is 90.5 cm³/mol. The third-order valence-corrected chi connectivity index (χ3v) is 4.78. The Hall–Kier alpha value is -1.78. The van der Waals surface area contributed by atoms with Crippen LogP contribution in [0, 0.1) is 0 Å². The molecule has 1 fully saturated rings. The first-order chi connectivity index (χ1) is 11.0. The smallest absolute Gasteiger partial charge is 0.230 e. The third-order valence-electron chi connectivity index (χ3n) is 4.53. The Bertz CT molecular complexity index is 661. The molecule has 1 unspecified atom stereocenters. The molecule has 1 saturated carbocycles. The molecule has 1 aromatic heterocycles. The molecule has 1 aliphatic carbocycles. The van der Waals surface area contributed by atoms with Crippen molar-refractivity contribution in [3.05, 3.63) is 59.0 Å². The maximum Gasteiger partial charge on any atom is 0.230 e. The second kappa shape index (κ2) is 6.38.